The summed E-state index contributed by atoms with van der Waals surface area (Å²) in [7, 11) is 0. The molecule has 19 heavy (non-hydrogen) atoms. The van der Waals surface area contributed by atoms with Crippen LogP contribution in [0, 0.1) is 11.7 Å². The number of benzene rings is 1. The summed E-state index contributed by atoms with van der Waals surface area (Å²) < 4.78 is 19.1. The highest BCUT2D eigenvalue weighted by molar-refractivity contribution is 9.10. The summed E-state index contributed by atoms with van der Waals surface area (Å²) >= 11 is 3.36. The predicted octanol–water partition coefficient (Wildman–Crippen LogP) is 3.19. The zero-order valence-corrected chi connectivity index (χ0v) is 12.4. The van der Waals surface area contributed by atoms with Gasteiger partial charge in [0, 0.05) is 4.47 Å². The zero-order valence-electron chi connectivity index (χ0n) is 10.8. The highest BCUT2D eigenvalue weighted by atomic mass is 79.9. The van der Waals surface area contributed by atoms with E-state index >= 15 is 0 Å². The lowest BCUT2D eigenvalue weighted by Crippen LogP contribution is -2.32. The Bertz CT molecular complexity index is 463. The van der Waals surface area contributed by atoms with Crippen molar-refractivity contribution < 1.29 is 13.9 Å². The minimum absolute atomic E-state index is 0.313. The van der Waals surface area contributed by atoms with Crippen molar-refractivity contribution in [1.82, 2.24) is 5.32 Å². The maximum absolute atomic E-state index is 13.4. The van der Waals surface area contributed by atoms with Crippen LogP contribution in [0.5, 0.6) is 0 Å². The number of esters is 1. The maximum Gasteiger partial charge on any atom is 0.327 e. The number of hydrogen-bond donors (Lipinski definition) is 1. The summed E-state index contributed by atoms with van der Waals surface area (Å²) in [6.07, 6.45) is 2.37. The van der Waals surface area contributed by atoms with Gasteiger partial charge >= 0.3 is 5.97 Å². The van der Waals surface area contributed by atoms with Crippen LogP contribution in [0.15, 0.2) is 22.7 Å². The van der Waals surface area contributed by atoms with Crippen molar-refractivity contribution in [2.24, 2.45) is 5.92 Å². The molecule has 0 spiro atoms. The third kappa shape index (κ3) is 4.01. The second-order valence-corrected chi connectivity index (χ2v) is 5.56. The molecule has 0 radical (unpaired) electrons. The van der Waals surface area contributed by atoms with E-state index in [1.54, 1.807) is 13.0 Å². The van der Waals surface area contributed by atoms with E-state index < -0.39 is 6.04 Å². The van der Waals surface area contributed by atoms with Crippen LogP contribution in [0.3, 0.4) is 0 Å². The van der Waals surface area contributed by atoms with Crippen LogP contribution >= 0.6 is 15.9 Å². The maximum atomic E-state index is 13.4. The number of hydrogen-bond acceptors (Lipinski definition) is 3. The molecule has 1 aromatic rings. The van der Waals surface area contributed by atoms with Crippen LogP contribution in [0.2, 0.25) is 0 Å². The summed E-state index contributed by atoms with van der Waals surface area (Å²) in [5, 5.41) is 3.18. The lowest BCUT2D eigenvalue weighted by atomic mass is 10.1. The molecule has 1 saturated carbocycles. The van der Waals surface area contributed by atoms with E-state index in [2.05, 4.69) is 21.2 Å². The van der Waals surface area contributed by atoms with Gasteiger partial charge in [-0.25, -0.2) is 9.18 Å². The first-order chi connectivity index (χ1) is 9.11. The highest BCUT2D eigenvalue weighted by Gasteiger charge is 2.28. The van der Waals surface area contributed by atoms with Gasteiger partial charge in [-0.3, -0.25) is 0 Å². The number of carbonyl (C=O) groups is 1. The largest absolute Gasteiger partial charge is 0.465 e. The van der Waals surface area contributed by atoms with E-state index in [1.165, 1.54) is 25.0 Å². The zero-order chi connectivity index (χ0) is 13.8. The second kappa shape index (κ2) is 6.48. The number of halogens is 2. The van der Waals surface area contributed by atoms with Crippen molar-refractivity contribution >= 4 is 21.9 Å². The van der Waals surface area contributed by atoms with Crippen molar-refractivity contribution in [2.45, 2.75) is 25.8 Å². The third-order valence-corrected chi connectivity index (χ3v) is 3.82. The Hall–Kier alpha value is -0.940. The van der Waals surface area contributed by atoms with Gasteiger partial charge in [-0.05, 0) is 56.0 Å². The molecule has 1 atom stereocenters. The van der Waals surface area contributed by atoms with Gasteiger partial charge in [-0.1, -0.05) is 15.9 Å². The van der Waals surface area contributed by atoms with E-state index in [0.29, 0.717) is 22.6 Å². The molecule has 0 saturated heterocycles. The molecule has 0 amide bonds. The van der Waals surface area contributed by atoms with Crippen LogP contribution in [-0.2, 0) is 9.53 Å². The molecule has 1 N–H and O–H groups in total. The van der Waals surface area contributed by atoms with E-state index in [1.807, 2.05) is 0 Å². The van der Waals surface area contributed by atoms with E-state index in [-0.39, 0.29) is 11.8 Å². The van der Waals surface area contributed by atoms with Gasteiger partial charge in [-0.2, -0.15) is 0 Å². The average Bonchev–Trinajstić information content (AvgIpc) is 3.18. The number of rotatable bonds is 6. The summed E-state index contributed by atoms with van der Waals surface area (Å²) in [5.74, 6) is -0.0977. The molecule has 1 unspecified atom stereocenters. The lowest BCUT2D eigenvalue weighted by Gasteiger charge is -2.19. The van der Waals surface area contributed by atoms with Gasteiger partial charge in [0.15, 0.2) is 0 Å². The Morgan fingerprint density at radius 2 is 2.32 bits per heavy atom. The van der Waals surface area contributed by atoms with E-state index in [9.17, 15) is 9.18 Å². The molecule has 1 aliphatic rings. The monoisotopic (exact) mass is 329 g/mol. The Kier molecular flexibility index (Phi) is 4.93. The molecule has 1 aliphatic carbocycles. The second-order valence-electron chi connectivity index (χ2n) is 4.70. The normalized spacial score (nSPS) is 16.2. The molecule has 0 bridgehead atoms. The Labute approximate surface area is 120 Å². The van der Waals surface area contributed by atoms with E-state index in [4.69, 9.17) is 4.74 Å². The lowest BCUT2D eigenvalue weighted by molar-refractivity contribution is -0.145. The SMILES string of the molecule is CCOC(=O)C(NCC1CC1)c1cc(F)ccc1Br. The first kappa shape index (κ1) is 14.5. The average molecular weight is 330 g/mol. The Balaban J connectivity index is 2.18. The molecule has 104 valence electrons. The van der Waals surface area contributed by atoms with Crippen molar-refractivity contribution in [3.8, 4) is 0 Å². The van der Waals surface area contributed by atoms with E-state index in [0.717, 1.165) is 6.54 Å². The van der Waals surface area contributed by atoms with Crippen molar-refractivity contribution in [1.29, 1.82) is 0 Å². The summed E-state index contributed by atoms with van der Waals surface area (Å²) in [4.78, 5) is 12.0. The highest BCUT2D eigenvalue weighted by Crippen LogP contribution is 2.30. The summed E-state index contributed by atoms with van der Waals surface area (Å²) in [6.45, 7) is 2.83. The molecular weight excluding hydrogens is 313 g/mol. The summed E-state index contributed by atoms with van der Waals surface area (Å²) in [5.41, 5.74) is 0.583. The van der Waals surface area contributed by atoms with Crippen molar-refractivity contribution in [2.75, 3.05) is 13.2 Å². The number of nitrogens with one attached hydrogen (secondary N) is 1. The first-order valence-corrected chi connectivity index (χ1v) is 7.26. The number of carbonyl (C=O) groups excluding carboxylic acids is 1. The molecule has 1 aromatic carbocycles. The minimum Gasteiger partial charge on any atom is -0.465 e. The smallest absolute Gasteiger partial charge is 0.327 e. The van der Waals surface area contributed by atoms with Crippen LogP contribution < -0.4 is 5.32 Å². The van der Waals surface area contributed by atoms with Gasteiger partial charge in [0.05, 0.1) is 6.61 Å². The molecule has 1 fully saturated rings. The van der Waals surface area contributed by atoms with Crippen LogP contribution in [-0.4, -0.2) is 19.1 Å². The topological polar surface area (TPSA) is 38.3 Å². The van der Waals surface area contributed by atoms with Gasteiger partial charge < -0.3 is 10.1 Å². The fourth-order valence-electron chi connectivity index (χ4n) is 1.89. The van der Waals surface area contributed by atoms with Gasteiger partial charge in [0.2, 0.25) is 0 Å². The minimum atomic E-state index is -0.620. The standard InChI is InChI=1S/C14H17BrFNO2/c1-2-19-14(18)13(17-8-9-3-4-9)11-7-10(16)5-6-12(11)15/h5-7,9,13,17H,2-4,8H2,1H3. The van der Waals surface area contributed by atoms with Crippen LogP contribution in [0.25, 0.3) is 0 Å². The predicted molar refractivity (Wildman–Crippen MR) is 74.2 cm³/mol. The molecule has 5 heteroatoms. The van der Waals surface area contributed by atoms with Crippen molar-refractivity contribution in [3.63, 3.8) is 0 Å². The Morgan fingerprint density at radius 3 is 2.95 bits per heavy atom. The van der Waals surface area contributed by atoms with Gasteiger partial charge in [0.1, 0.15) is 11.9 Å². The first-order valence-electron chi connectivity index (χ1n) is 6.46. The van der Waals surface area contributed by atoms with Crippen LogP contribution in [0.4, 0.5) is 4.39 Å². The molecule has 0 aromatic heterocycles. The number of ether oxygens (including phenoxy) is 1. The molecule has 0 aliphatic heterocycles. The third-order valence-electron chi connectivity index (χ3n) is 3.10. The molecule has 3 nitrogen and oxygen atoms in total. The summed E-state index contributed by atoms with van der Waals surface area (Å²) in [6, 6.07) is 3.71. The van der Waals surface area contributed by atoms with Crippen molar-refractivity contribution in [3.05, 3.63) is 34.1 Å². The molecule has 0 heterocycles. The quantitative estimate of drug-likeness (QED) is 0.814. The molecule has 2 rings (SSSR count). The van der Waals surface area contributed by atoms with Gasteiger partial charge in [-0.15, -0.1) is 0 Å². The fourth-order valence-corrected chi connectivity index (χ4v) is 2.36. The fraction of sp³-hybridized carbons (Fsp3) is 0.500. The van der Waals surface area contributed by atoms with Crippen LogP contribution in [0.1, 0.15) is 31.4 Å². The Morgan fingerprint density at radius 1 is 1.58 bits per heavy atom. The molecular formula is C14H17BrFNO2. The van der Waals surface area contributed by atoms with Gasteiger partial charge in [0.25, 0.3) is 0 Å².